The van der Waals surface area contributed by atoms with Crippen molar-refractivity contribution in [3.05, 3.63) is 6.20 Å². The van der Waals surface area contributed by atoms with Crippen molar-refractivity contribution in [2.45, 2.75) is 30.7 Å². The topological polar surface area (TPSA) is 121 Å². The number of aromatic nitrogens is 2. The highest BCUT2D eigenvalue weighted by Gasteiger charge is 2.32. The number of nitrogens with two attached hydrogens (primary N) is 1. The number of carbonyl (C=O) groups excluding carboxylic acids is 1. The number of piperidine rings is 1. The van der Waals surface area contributed by atoms with Crippen LogP contribution in [0.25, 0.3) is 0 Å². The zero-order chi connectivity index (χ0) is 14.0. The van der Waals surface area contributed by atoms with Crippen LogP contribution in [0, 0.1) is 0 Å². The van der Waals surface area contributed by atoms with Crippen LogP contribution in [0.15, 0.2) is 11.1 Å². The van der Waals surface area contributed by atoms with Gasteiger partial charge in [0.15, 0.2) is 0 Å². The molecule has 0 spiro atoms. The van der Waals surface area contributed by atoms with Crippen molar-refractivity contribution in [1.82, 2.24) is 19.8 Å². The van der Waals surface area contributed by atoms with Gasteiger partial charge >= 0.3 is 0 Å². The third-order valence-electron chi connectivity index (χ3n) is 3.04. The van der Waals surface area contributed by atoms with Crippen LogP contribution in [-0.4, -0.2) is 48.0 Å². The fraction of sp³-hybridized carbons (Fsp3) is 0.600. The molecule has 2 heterocycles. The van der Waals surface area contributed by atoms with Crippen LogP contribution in [-0.2, 0) is 14.8 Å². The van der Waals surface area contributed by atoms with E-state index in [0.29, 0.717) is 13.0 Å². The zero-order valence-corrected chi connectivity index (χ0v) is 11.4. The molecule has 1 saturated heterocycles. The van der Waals surface area contributed by atoms with Gasteiger partial charge in [0.25, 0.3) is 0 Å². The molecule has 19 heavy (non-hydrogen) atoms. The standard InChI is InChI=1S/C10H17N5O3S/c1-7(16)13-8-3-2-4-15(6-8)19(17,18)9-5-12-14-10(9)11/h5,8H,2-4,6H2,1H3,(H,13,16)(H3,11,12,14). The van der Waals surface area contributed by atoms with Gasteiger partial charge < -0.3 is 11.1 Å². The van der Waals surface area contributed by atoms with Gasteiger partial charge in [-0.05, 0) is 12.8 Å². The summed E-state index contributed by atoms with van der Waals surface area (Å²) in [5, 5.41) is 8.78. The molecule has 0 bridgehead atoms. The molecular formula is C10H17N5O3S. The first kappa shape index (κ1) is 13.8. The number of sulfonamides is 1. The van der Waals surface area contributed by atoms with Gasteiger partial charge in [-0.2, -0.15) is 9.40 Å². The summed E-state index contributed by atoms with van der Waals surface area (Å²) in [7, 11) is -3.65. The lowest BCUT2D eigenvalue weighted by atomic mass is 10.1. The molecule has 1 aliphatic rings. The van der Waals surface area contributed by atoms with Gasteiger partial charge in [0.2, 0.25) is 15.9 Å². The van der Waals surface area contributed by atoms with Crippen LogP contribution in [0.1, 0.15) is 19.8 Å². The summed E-state index contributed by atoms with van der Waals surface area (Å²) in [6.45, 7) is 2.09. The highest BCUT2D eigenvalue weighted by Crippen LogP contribution is 2.23. The Morgan fingerprint density at radius 3 is 2.95 bits per heavy atom. The van der Waals surface area contributed by atoms with E-state index in [1.165, 1.54) is 17.4 Å². The number of hydrogen-bond donors (Lipinski definition) is 3. The van der Waals surface area contributed by atoms with E-state index in [2.05, 4.69) is 15.5 Å². The number of hydrogen-bond acceptors (Lipinski definition) is 5. The highest BCUT2D eigenvalue weighted by molar-refractivity contribution is 7.89. The number of aromatic amines is 1. The molecule has 1 aliphatic heterocycles. The SMILES string of the molecule is CC(=O)NC1CCCN(S(=O)(=O)c2cn[nH]c2N)C1. The summed E-state index contributed by atoms with van der Waals surface area (Å²) in [4.78, 5) is 11.0. The van der Waals surface area contributed by atoms with Gasteiger partial charge in [-0.1, -0.05) is 0 Å². The molecular weight excluding hydrogens is 270 g/mol. The molecule has 1 fully saturated rings. The van der Waals surface area contributed by atoms with E-state index in [0.717, 1.165) is 6.42 Å². The summed E-state index contributed by atoms with van der Waals surface area (Å²) >= 11 is 0. The second-order valence-electron chi connectivity index (χ2n) is 4.55. The van der Waals surface area contributed by atoms with Crippen molar-refractivity contribution in [2.75, 3.05) is 18.8 Å². The molecule has 0 aromatic carbocycles. The lowest BCUT2D eigenvalue weighted by Crippen LogP contribution is -2.49. The number of carbonyl (C=O) groups is 1. The Balaban J connectivity index is 2.17. The number of rotatable bonds is 3. The minimum atomic E-state index is -3.65. The largest absolute Gasteiger partial charge is 0.383 e. The molecule has 106 valence electrons. The second-order valence-corrected chi connectivity index (χ2v) is 6.46. The molecule has 8 nitrogen and oxygen atoms in total. The normalized spacial score (nSPS) is 21.2. The smallest absolute Gasteiger partial charge is 0.248 e. The Hall–Kier alpha value is -1.61. The van der Waals surface area contributed by atoms with Gasteiger partial charge in [0.05, 0.1) is 6.20 Å². The summed E-state index contributed by atoms with van der Waals surface area (Å²) in [6.07, 6.45) is 2.67. The maximum Gasteiger partial charge on any atom is 0.248 e. The van der Waals surface area contributed by atoms with E-state index in [1.807, 2.05) is 0 Å². The maximum atomic E-state index is 12.4. The van der Waals surface area contributed by atoms with Crippen LogP contribution in [0.4, 0.5) is 5.82 Å². The predicted molar refractivity (Wildman–Crippen MR) is 68.6 cm³/mol. The molecule has 0 aliphatic carbocycles. The first-order valence-corrected chi connectivity index (χ1v) is 7.41. The van der Waals surface area contributed by atoms with Gasteiger partial charge in [-0.25, -0.2) is 8.42 Å². The second kappa shape index (κ2) is 5.17. The molecule has 9 heteroatoms. The van der Waals surface area contributed by atoms with Crippen LogP contribution in [0.3, 0.4) is 0 Å². The Labute approximate surface area is 111 Å². The van der Waals surface area contributed by atoms with Crippen LogP contribution >= 0.6 is 0 Å². The molecule has 1 aromatic rings. The van der Waals surface area contributed by atoms with Crippen LogP contribution < -0.4 is 11.1 Å². The van der Waals surface area contributed by atoms with Crippen molar-refractivity contribution in [1.29, 1.82) is 0 Å². The third-order valence-corrected chi connectivity index (χ3v) is 4.93. The number of nitrogens with zero attached hydrogens (tertiary/aromatic N) is 2. The maximum absolute atomic E-state index is 12.4. The summed E-state index contributed by atoms with van der Waals surface area (Å²) in [5.74, 6) is -0.131. The van der Waals surface area contributed by atoms with Gasteiger partial charge in [-0.3, -0.25) is 9.89 Å². The minimum Gasteiger partial charge on any atom is -0.383 e. The number of nitrogens with one attached hydrogen (secondary N) is 2. The van der Waals surface area contributed by atoms with Crippen molar-refractivity contribution in [2.24, 2.45) is 0 Å². The van der Waals surface area contributed by atoms with Crippen molar-refractivity contribution in [3.8, 4) is 0 Å². The quantitative estimate of drug-likeness (QED) is 0.677. The molecule has 4 N–H and O–H groups in total. The average molecular weight is 287 g/mol. The first-order chi connectivity index (χ1) is 8.91. The molecule has 0 radical (unpaired) electrons. The van der Waals surface area contributed by atoms with E-state index < -0.39 is 10.0 Å². The summed E-state index contributed by atoms with van der Waals surface area (Å²) < 4.78 is 26.1. The van der Waals surface area contributed by atoms with Gasteiger partial charge in [0.1, 0.15) is 10.7 Å². The Morgan fingerprint density at radius 1 is 1.63 bits per heavy atom. The Bertz CT molecular complexity index is 567. The van der Waals surface area contributed by atoms with Crippen molar-refractivity contribution < 1.29 is 13.2 Å². The van der Waals surface area contributed by atoms with Gasteiger partial charge in [-0.15, -0.1) is 0 Å². The van der Waals surface area contributed by atoms with Crippen LogP contribution in [0.2, 0.25) is 0 Å². The average Bonchev–Trinajstić information content (AvgIpc) is 2.75. The number of H-pyrrole nitrogens is 1. The number of nitrogen functional groups attached to an aromatic ring is 1. The molecule has 1 atom stereocenters. The van der Waals surface area contributed by atoms with E-state index in [4.69, 9.17) is 5.73 Å². The Kier molecular flexibility index (Phi) is 3.76. The predicted octanol–water partition coefficient (Wildman–Crippen LogP) is -0.719. The third kappa shape index (κ3) is 2.87. The zero-order valence-electron chi connectivity index (χ0n) is 10.6. The first-order valence-electron chi connectivity index (χ1n) is 5.97. The monoisotopic (exact) mass is 287 g/mol. The molecule has 1 unspecified atom stereocenters. The fourth-order valence-electron chi connectivity index (χ4n) is 2.20. The summed E-state index contributed by atoms with van der Waals surface area (Å²) in [5.41, 5.74) is 5.56. The van der Waals surface area contributed by atoms with Gasteiger partial charge in [0, 0.05) is 26.1 Å². The number of amides is 1. The highest BCUT2D eigenvalue weighted by atomic mass is 32.2. The van der Waals surface area contributed by atoms with Crippen LogP contribution in [0.5, 0.6) is 0 Å². The van der Waals surface area contributed by atoms with E-state index in [1.54, 1.807) is 0 Å². The molecule has 2 rings (SSSR count). The summed E-state index contributed by atoms with van der Waals surface area (Å²) in [6, 6.07) is -0.158. The molecule has 1 amide bonds. The van der Waals surface area contributed by atoms with E-state index >= 15 is 0 Å². The molecule has 0 saturated carbocycles. The van der Waals surface area contributed by atoms with E-state index in [9.17, 15) is 13.2 Å². The van der Waals surface area contributed by atoms with E-state index in [-0.39, 0.29) is 29.2 Å². The minimum absolute atomic E-state index is 0.0176. The number of anilines is 1. The lowest BCUT2D eigenvalue weighted by Gasteiger charge is -2.31. The Morgan fingerprint density at radius 2 is 2.37 bits per heavy atom. The van der Waals surface area contributed by atoms with Crippen molar-refractivity contribution in [3.63, 3.8) is 0 Å². The van der Waals surface area contributed by atoms with Crippen molar-refractivity contribution >= 4 is 21.7 Å². The molecule has 1 aromatic heterocycles. The fourth-order valence-corrected chi connectivity index (χ4v) is 3.73. The lowest BCUT2D eigenvalue weighted by molar-refractivity contribution is -0.119.